The minimum absolute atomic E-state index is 0.236. The van der Waals surface area contributed by atoms with Crippen LogP contribution in [0.15, 0.2) is 30.3 Å². The highest BCUT2D eigenvalue weighted by Crippen LogP contribution is 2.13. The summed E-state index contributed by atoms with van der Waals surface area (Å²) in [7, 11) is 1.35. The van der Waals surface area contributed by atoms with Crippen LogP contribution in [0.1, 0.15) is 18.4 Å². The van der Waals surface area contributed by atoms with E-state index in [0.29, 0.717) is 6.42 Å². The minimum Gasteiger partial charge on any atom is -0.469 e. The highest BCUT2D eigenvalue weighted by atomic mass is 16.5. The van der Waals surface area contributed by atoms with Crippen LogP contribution in [0.25, 0.3) is 0 Å². The fourth-order valence-corrected chi connectivity index (χ4v) is 1.60. The van der Waals surface area contributed by atoms with Crippen LogP contribution in [0.4, 0.5) is 0 Å². The summed E-state index contributed by atoms with van der Waals surface area (Å²) in [4.78, 5) is 21.8. The van der Waals surface area contributed by atoms with Crippen molar-refractivity contribution in [2.75, 3.05) is 7.11 Å². The van der Waals surface area contributed by atoms with E-state index in [9.17, 15) is 9.59 Å². The highest BCUT2D eigenvalue weighted by molar-refractivity contribution is 5.75. The molecule has 0 amide bonds. The number of aldehydes is 1. The Morgan fingerprint density at radius 3 is 2.62 bits per heavy atom. The lowest BCUT2D eigenvalue weighted by molar-refractivity contribution is -0.146. The van der Waals surface area contributed by atoms with Gasteiger partial charge in [-0.15, -0.1) is 0 Å². The fraction of sp³-hybridized carbons (Fsp3) is 0.385. The van der Waals surface area contributed by atoms with Crippen molar-refractivity contribution in [2.24, 2.45) is 5.92 Å². The average Bonchev–Trinajstić information content (AvgIpc) is 2.34. The molecule has 1 atom stereocenters. The Labute approximate surface area is 95.4 Å². The lowest BCUT2D eigenvalue weighted by Crippen LogP contribution is -2.17. The van der Waals surface area contributed by atoms with Gasteiger partial charge in [0.15, 0.2) is 0 Å². The number of hydrogen-bond donors (Lipinski definition) is 0. The van der Waals surface area contributed by atoms with Gasteiger partial charge in [0.25, 0.3) is 0 Å². The van der Waals surface area contributed by atoms with Crippen molar-refractivity contribution in [1.82, 2.24) is 0 Å². The second-order valence-corrected chi connectivity index (χ2v) is 3.65. The van der Waals surface area contributed by atoms with E-state index in [1.54, 1.807) is 0 Å². The van der Waals surface area contributed by atoms with E-state index in [2.05, 4.69) is 4.74 Å². The van der Waals surface area contributed by atoms with Crippen molar-refractivity contribution < 1.29 is 14.3 Å². The van der Waals surface area contributed by atoms with Gasteiger partial charge in [-0.1, -0.05) is 30.3 Å². The zero-order chi connectivity index (χ0) is 11.8. The summed E-state index contributed by atoms with van der Waals surface area (Å²) in [6, 6.07) is 9.89. The van der Waals surface area contributed by atoms with E-state index < -0.39 is 0 Å². The number of hydrogen-bond acceptors (Lipinski definition) is 3. The highest BCUT2D eigenvalue weighted by Gasteiger charge is 2.18. The first kappa shape index (κ1) is 12.4. The molecule has 16 heavy (non-hydrogen) atoms. The van der Waals surface area contributed by atoms with Gasteiger partial charge in [-0.05, 0) is 18.4 Å². The number of carbonyl (C=O) groups is 2. The van der Waals surface area contributed by atoms with Crippen molar-refractivity contribution >= 4 is 12.3 Å². The number of esters is 1. The maximum atomic E-state index is 11.3. The summed E-state index contributed by atoms with van der Waals surface area (Å²) in [5.41, 5.74) is 1.17. The molecule has 0 saturated carbocycles. The number of ether oxygens (including phenoxy) is 1. The summed E-state index contributed by atoms with van der Waals surface area (Å²) in [6.07, 6.45) is 2.44. The lowest BCUT2D eigenvalue weighted by Gasteiger charge is -2.11. The molecule has 86 valence electrons. The third-order valence-electron chi connectivity index (χ3n) is 2.54. The second-order valence-electron chi connectivity index (χ2n) is 3.65. The Morgan fingerprint density at radius 2 is 2.06 bits per heavy atom. The first-order chi connectivity index (χ1) is 7.77. The van der Waals surface area contributed by atoms with Crippen molar-refractivity contribution in [1.29, 1.82) is 0 Å². The predicted octanol–water partition coefficient (Wildman–Crippen LogP) is 2.00. The first-order valence-corrected chi connectivity index (χ1v) is 5.33. The molecule has 1 aromatic rings. The molecule has 3 heteroatoms. The first-order valence-electron chi connectivity index (χ1n) is 5.33. The van der Waals surface area contributed by atoms with E-state index in [1.165, 1.54) is 12.7 Å². The number of methoxy groups -OCH3 is 1. The summed E-state index contributed by atoms with van der Waals surface area (Å²) < 4.78 is 4.66. The Hall–Kier alpha value is -1.64. The van der Waals surface area contributed by atoms with Crippen LogP contribution < -0.4 is 0 Å². The molecule has 0 aliphatic carbocycles. The summed E-state index contributed by atoms with van der Waals surface area (Å²) >= 11 is 0. The van der Waals surface area contributed by atoms with E-state index in [-0.39, 0.29) is 18.3 Å². The van der Waals surface area contributed by atoms with Gasteiger partial charge in [0.05, 0.1) is 13.0 Å². The molecule has 0 N–H and O–H groups in total. The quantitative estimate of drug-likeness (QED) is 0.544. The fourth-order valence-electron chi connectivity index (χ4n) is 1.60. The smallest absolute Gasteiger partial charge is 0.309 e. The monoisotopic (exact) mass is 220 g/mol. The van der Waals surface area contributed by atoms with Crippen molar-refractivity contribution in [2.45, 2.75) is 19.3 Å². The van der Waals surface area contributed by atoms with Gasteiger partial charge in [-0.3, -0.25) is 4.79 Å². The minimum atomic E-state index is -0.317. The maximum absolute atomic E-state index is 11.3. The average molecular weight is 220 g/mol. The molecule has 1 rings (SSSR count). The molecule has 0 aliphatic heterocycles. The van der Waals surface area contributed by atoms with Gasteiger partial charge in [-0.2, -0.15) is 0 Å². The molecule has 0 fully saturated rings. The third-order valence-corrected chi connectivity index (χ3v) is 2.54. The molecule has 0 aromatic heterocycles. The van der Waals surface area contributed by atoms with Gasteiger partial charge in [0.1, 0.15) is 6.29 Å². The molecular formula is C13H16O3. The molecule has 0 aliphatic rings. The van der Waals surface area contributed by atoms with Crippen molar-refractivity contribution in [3.8, 4) is 0 Å². The van der Waals surface area contributed by atoms with Gasteiger partial charge in [0.2, 0.25) is 0 Å². The maximum Gasteiger partial charge on any atom is 0.309 e. The van der Waals surface area contributed by atoms with E-state index >= 15 is 0 Å². The summed E-state index contributed by atoms with van der Waals surface area (Å²) in [6.45, 7) is 0. The summed E-state index contributed by atoms with van der Waals surface area (Å²) in [5, 5.41) is 0. The van der Waals surface area contributed by atoms with Gasteiger partial charge < -0.3 is 9.53 Å². The van der Waals surface area contributed by atoms with Crippen LogP contribution in [0.2, 0.25) is 0 Å². The Morgan fingerprint density at radius 1 is 1.38 bits per heavy atom. The Balaban J connectivity index is 2.50. The van der Waals surface area contributed by atoms with Gasteiger partial charge >= 0.3 is 5.97 Å². The number of rotatable bonds is 6. The van der Waals surface area contributed by atoms with Crippen LogP contribution in [0.3, 0.4) is 0 Å². The van der Waals surface area contributed by atoms with E-state index in [4.69, 9.17) is 0 Å². The standard InChI is InChI=1S/C13H16O3/c1-16-13(15)12(9-10-14)8-7-11-5-3-2-4-6-11/h2-6,10,12H,7-9H2,1H3. The van der Waals surface area contributed by atoms with Crippen molar-refractivity contribution in [3.63, 3.8) is 0 Å². The van der Waals surface area contributed by atoms with Gasteiger partial charge in [-0.25, -0.2) is 0 Å². The number of benzene rings is 1. The molecular weight excluding hydrogens is 204 g/mol. The molecule has 0 spiro atoms. The molecule has 0 radical (unpaired) electrons. The number of carbonyl (C=O) groups excluding carboxylic acids is 2. The third kappa shape index (κ3) is 3.85. The van der Waals surface area contributed by atoms with Crippen LogP contribution in [-0.2, 0) is 20.7 Å². The second kappa shape index (κ2) is 6.77. The van der Waals surface area contributed by atoms with Crippen LogP contribution in [-0.4, -0.2) is 19.4 Å². The largest absolute Gasteiger partial charge is 0.469 e. The Bertz CT molecular complexity index is 332. The van der Waals surface area contributed by atoms with Crippen LogP contribution in [0, 0.1) is 5.92 Å². The molecule has 0 bridgehead atoms. The molecule has 0 heterocycles. The van der Waals surface area contributed by atoms with E-state index in [0.717, 1.165) is 12.7 Å². The van der Waals surface area contributed by atoms with Gasteiger partial charge in [0, 0.05) is 6.42 Å². The van der Waals surface area contributed by atoms with Crippen molar-refractivity contribution in [3.05, 3.63) is 35.9 Å². The molecule has 1 unspecified atom stereocenters. The van der Waals surface area contributed by atoms with E-state index in [1.807, 2.05) is 30.3 Å². The predicted molar refractivity (Wildman–Crippen MR) is 61.0 cm³/mol. The van der Waals surface area contributed by atoms with Crippen LogP contribution >= 0.6 is 0 Å². The normalized spacial score (nSPS) is 11.8. The molecule has 0 saturated heterocycles. The topological polar surface area (TPSA) is 43.4 Å². The molecule has 1 aromatic carbocycles. The summed E-state index contributed by atoms with van der Waals surface area (Å²) in [5.74, 6) is -0.620. The molecule has 3 nitrogen and oxygen atoms in total. The Kier molecular flexibility index (Phi) is 5.26. The zero-order valence-electron chi connectivity index (χ0n) is 9.39. The SMILES string of the molecule is COC(=O)C(CC=O)CCc1ccccc1. The number of aryl methyl sites for hydroxylation is 1. The lowest BCUT2D eigenvalue weighted by atomic mass is 9.97. The van der Waals surface area contributed by atoms with Crippen LogP contribution in [0.5, 0.6) is 0 Å². The zero-order valence-corrected chi connectivity index (χ0v) is 9.39.